The fourth-order valence-corrected chi connectivity index (χ4v) is 3.72. The lowest BCUT2D eigenvalue weighted by Crippen LogP contribution is -2.05. The van der Waals surface area contributed by atoms with E-state index in [1.807, 2.05) is 36.4 Å². The first-order chi connectivity index (χ1) is 9.72. The van der Waals surface area contributed by atoms with Gasteiger partial charge in [-0.15, -0.1) is 0 Å². The Morgan fingerprint density at radius 3 is 1.70 bits per heavy atom. The second-order valence-electron chi connectivity index (χ2n) is 4.22. The Kier molecular flexibility index (Phi) is 5.57. The summed E-state index contributed by atoms with van der Waals surface area (Å²) in [6, 6.07) is 18.2. The van der Waals surface area contributed by atoms with Gasteiger partial charge in [-0.25, -0.2) is 4.57 Å². The van der Waals surface area contributed by atoms with E-state index in [0.717, 1.165) is 0 Å². The highest BCUT2D eigenvalue weighted by atomic mass is 32.1. The van der Waals surface area contributed by atoms with Crippen molar-refractivity contribution in [3.05, 3.63) is 60.7 Å². The zero-order chi connectivity index (χ0) is 14.3. The summed E-state index contributed by atoms with van der Waals surface area (Å²) in [6.45, 7) is 0. The molecule has 0 spiro atoms. The van der Waals surface area contributed by atoms with Crippen LogP contribution in [0.15, 0.2) is 60.7 Å². The number of thiol groups is 1. The average Bonchev–Trinajstić information content (AvgIpc) is 2.47. The normalized spacial score (nSPS) is 11.1. The first-order valence-corrected chi connectivity index (χ1v) is 8.77. The molecule has 0 N–H and O–H groups in total. The zero-order valence-corrected chi connectivity index (χ0v) is 12.8. The van der Waals surface area contributed by atoms with Gasteiger partial charge in [0, 0.05) is 0 Å². The molecular weight excluding hydrogens is 291 g/mol. The van der Waals surface area contributed by atoms with Crippen LogP contribution in [0, 0.1) is 0 Å². The smallest absolute Gasteiger partial charge is 0.416 e. The molecule has 106 valence electrons. The maximum absolute atomic E-state index is 12.8. The maximum atomic E-state index is 12.8. The van der Waals surface area contributed by atoms with Crippen molar-refractivity contribution >= 4 is 20.2 Å². The van der Waals surface area contributed by atoms with E-state index in [1.165, 1.54) is 0 Å². The molecule has 0 saturated carbocycles. The first kappa shape index (κ1) is 15.0. The SMILES string of the molecule is O=P(CCCS)(Oc1ccccc1)Oc1ccccc1. The number of hydrogen-bond acceptors (Lipinski definition) is 4. The summed E-state index contributed by atoms with van der Waals surface area (Å²) in [5, 5.41) is 0. The lowest BCUT2D eigenvalue weighted by molar-refractivity contribution is 0.385. The Morgan fingerprint density at radius 2 is 1.30 bits per heavy atom. The average molecular weight is 308 g/mol. The third-order valence-corrected chi connectivity index (χ3v) is 4.72. The van der Waals surface area contributed by atoms with E-state index >= 15 is 0 Å². The predicted molar refractivity (Wildman–Crippen MR) is 85.1 cm³/mol. The molecule has 0 radical (unpaired) electrons. The second-order valence-corrected chi connectivity index (χ2v) is 6.70. The van der Waals surface area contributed by atoms with E-state index in [9.17, 15) is 4.57 Å². The molecule has 0 aliphatic rings. The third kappa shape index (κ3) is 4.62. The molecule has 0 amide bonds. The summed E-state index contributed by atoms with van der Waals surface area (Å²) in [7, 11) is -3.23. The minimum Gasteiger partial charge on any atom is -0.416 e. The van der Waals surface area contributed by atoms with Gasteiger partial charge in [-0.05, 0) is 36.4 Å². The molecule has 5 heteroatoms. The molecule has 0 fully saturated rings. The summed E-state index contributed by atoms with van der Waals surface area (Å²) >= 11 is 4.15. The van der Waals surface area contributed by atoms with E-state index in [1.54, 1.807) is 24.3 Å². The van der Waals surface area contributed by atoms with Crippen LogP contribution in [0.4, 0.5) is 0 Å². The van der Waals surface area contributed by atoms with E-state index in [0.29, 0.717) is 29.8 Å². The summed E-state index contributed by atoms with van der Waals surface area (Å²) in [5.41, 5.74) is 0. The van der Waals surface area contributed by atoms with Gasteiger partial charge < -0.3 is 9.05 Å². The van der Waals surface area contributed by atoms with Crippen LogP contribution in [0.5, 0.6) is 11.5 Å². The number of rotatable bonds is 7. The first-order valence-electron chi connectivity index (χ1n) is 6.41. The van der Waals surface area contributed by atoms with Crippen LogP contribution in [-0.2, 0) is 4.57 Å². The van der Waals surface area contributed by atoms with Gasteiger partial charge in [-0.2, -0.15) is 12.6 Å². The molecule has 0 aromatic heterocycles. The van der Waals surface area contributed by atoms with Crippen LogP contribution in [0.1, 0.15) is 6.42 Å². The largest absolute Gasteiger partial charge is 0.430 e. The van der Waals surface area contributed by atoms with Crippen molar-refractivity contribution in [1.82, 2.24) is 0 Å². The lowest BCUT2D eigenvalue weighted by atomic mass is 10.3. The maximum Gasteiger partial charge on any atom is 0.430 e. The van der Waals surface area contributed by atoms with Crippen molar-refractivity contribution in [3.63, 3.8) is 0 Å². The number of benzene rings is 2. The molecule has 0 unspecified atom stereocenters. The Hall–Kier alpha value is -1.38. The highest BCUT2D eigenvalue weighted by Crippen LogP contribution is 2.48. The molecule has 20 heavy (non-hydrogen) atoms. The van der Waals surface area contributed by atoms with Crippen LogP contribution in [0.2, 0.25) is 0 Å². The number of para-hydroxylation sites is 2. The molecule has 0 heterocycles. The fourth-order valence-electron chi connectivity index (χ4n) is 1.66. The Balaban J connectivity index is 2.15. The van der Waals surface area contributed by atoms with Crippen LogP contribution < -0.4 is 9.05 Å². The van der Waals surface area contributed by atoms with Crippen molar-refractivity contribution < 1.29 is 13.6 Å². The highest BCUT2D eigenvalue weighted by Gasteiger charge is 2.27. The van der Waals surface area contributed by atoms with Crippen LogP contribution in [0.25, 0.3) is 0 Å². The fraction of sp³-hybridized carbons (Fsp3) is 0.200. The molecule has 0 atom stereocenters. The van der Waals surface area contributed by atoms with Gasteiger partial charge in [-0.3, -0.25) is 0 Å². The molecule has 2 aromatic rings. The molecule has 0 saturated heterocycles. The molecular formula is C15H17O3PS. The molecule has 0 bridgehead atoms. The van der Waals surface area contributed by atoms with Gasteiger partial charge in [0.15, 0.2) is 0 Å². The topological polar surface area (TPSA) is 35.5 Å². The zero-order valence-electron chi connectivity index (χ0n) is 11.0. The molecule has 2 aromatic carbocycles. The quantitative estimate of drug-likeness (QED) is 0.597. The van der Waals surface area contributed by atoms with Crippen molar-refractivity contribution in [2.75, 3.05) is 11.9 Å². The molecule has 3 nitrogen and oxygen atoms in total. The van der Waals surface area contributed by atoms with E-state index in [-0.39, 0.29) is 0 Å². The predicted octanol–water partition coefficient (Wildman–Crippen LogP) is 4.66. The minimum absolute atomic E-state index is 0.334. The van der Waals surface area contributed by atoms with Gasteiger partial charge in [0.25, 0.3) is 0 Å². The van der Waals surface area contributed by atoms with Crippen LogP contribution in [-0.4, -0.2) is 11.9 Å². The Bertz CT molecular complexity index is 514. The van der Waals surface area contributed by atoms with Crippen molar-refractivity contribution in [1.29, 1.82) is 0 Å². The van der Waals surface area contributed by atoms with Gasteiger partial charge in [0.1, 0.15) is 11.5 Å². The standard InChI is InChI=1S/C15H17O3PS/c16-19(12-7-13-20,17-14-8-3-1-4-9-14)18-15-10-5-2-6-11-15/h1-6,8-11,20H,7,12-13H2. The minimum atomic E-state index is -3.23. The number of hydrogen-bond donors (Lipinski definition) is 1. The van der Waals surface area contributed by atoms with E-state index in [4.69, 9.17) is 9.05 Å². The monoisotopic (exact) mass is 308 g/mol. The molecule has 2 rings (SSSR count). The molecule has 0 aliphatic heterocycles. The second kappa shape index (κ2) is 7.41. The van der Waals surface area contributed by atoms with Gasteiger partial charge in [0.05, 0.1) is 6.16 Å². The summed E-state index contributed by atoms with van der Waals surface area (Å²) < 4.78 is 24.0. The van der Waals surface area contributed by atoms with Crippen molar-refractivity contribution in [3.8, 4) is 11.5 Å². The highest BCUT2D eigenvalue weighted by molar-refractivity contribution is 7.80. The Labute approximate surface area is 124 Å². The van der Waals surface area contributed by atoms with Crippen molar-refractivity contribution in [2.45, 2.75) is 6.42 Å². The summed E-state index contributed by atoms with van der Waals surface area (Å²) in [5.74, 6) is 1.73. The summed E-state index contributed by atoms with van der Waals surface area (Å²) in [6.07, 6.45) is 1.00. The van der Waals surface area contributed by atoms with Gasteiger partial charge in [-0.1, -0.05) is 36.4 Å². The summed E-state index contributed by atoms with van der Waals surface area (Å²) in [4.78, 5) is 0. The van der Waals surface area contributed by atoms with E-state index < -0.39 is 7.60 Å². The molecule has 0 aliphatic carbocycles. The van der Waals surface area contributed by atoms with Crippen LogP contribution in [0.3, 0.4) is 0 Å². The van der Waals surface area contributed by atoms with Gasteiger partial charge in [0.2, 0.25) is 0 Å². The third-order valence-electron chi connectivity index (χ3n) is 2.57. The van der Waals surface area contributed by atoms with Gasteiger partial charge >= 0.3 is 7.60 Å². The Morgan fingerprint density at radius 1 is 0.850 bits per heavy atom. The van der Waals surface area contributed by atoms with Crippen LogP contribution >= 0.6 is 20.2 Å². The van der Waals surface area contributed by atoms with E-state index in [2.05, 4.69) is 12.6 Å². The van der Waals surface area contributed by atoms with Crippen molar-refractivity contribution in [2.24, 2.45) is 0 Å². The lowest BCUT2D eigenvalue weighted by Gasteiger charge is -2.19.